The molecular weight excluding hydrogens is 983 g/mol. The van der Waals surface area contributed by atoms with Gasteiger partial charge in [-0.15, -0.1) is 0 Å². The number of unbranched alkanes of at least 4 members (excludes halogenated alkanes) is 38. The van der Waals surface area contributed by atoms with Crippen molar-refractivity contribution in [2.75, 3.05) is 13.2 Å². The van der Waals surface area contributed by atoms with Gasteiger partial charge >= 0.3 is 0 Å². The second kappa shape index (κ2) is 58.8. The summed E-state index contributed by atoms with van der Waals surface area (Å²) in [6.07, 6.45) is 75.7. The Labute approximate surface area is 487 Å². The fourth-order valence-electron chi connectivity index (χ4n) is 10.5. The average Bonchev–Trinajstić information content (AvgIpc) is 3.47. The molecule has 0 bridgehead atoms. The molecule has 9 heteroatoms. The van der Waals surface area contributed by atoms with Gasteiger partial charge in [0.15, 0.2) is 6.29 Å². The number of nitrogens with one attached hydrogen (secondary N) is 1. The first-order chi connectivity index (χ1) is 38.8. The minimum Gasteiger partial charge on any atom is -0.394 e. The molecular formula is C70H127NO8. The summed E-state index contributed by atoms with van der Waals surface area (Å²) in [5, 5.41) is 54.7. The smallest absolute Gasteiger partial charge is 0.220 e. The van der Waals surface area contributed by atoms with Gasteiger partial charge in [0.2, 0.25) is 5.91 Å². The minimum absolute atomic E-state index is 0.183. The predicted octanol–water partition coefficient (Wildman–Crippen LogP) is 18.0. The van der Waals surface area contributed by atoms with E-state index in [0.717, 1.165) is 64.2 Å². The molecule has 0 aromatic heterocycles. The minimum atomic E-state index is -1.57. The lowest BCUT2D eigenvalue weighted by atomic mass is 9.99. The van der Waals surface area contributed by atoms with Crippen LogP contribution in [0.2, 0.25) is 0 Å². The molecule has 1 saturated heterocycles. The number of carbonyl (C=O) groups is 1. The van der Waals surface area contributed by atoms with Crippen molar-refractivity contribution in [1.29, 1.82) is 0 Å². The Morgan fingerprint density at radius 2 is 0.797 bits per heavy atom. The van der Waals surface area contributed by atoms with E-state index in [2.05, 4.69) is 79.9 Å². The number of carbonyl (C=O) groups excluding carboxylic acids is 1. The van der Waals surface area contributed by atoms with E-state index >= 15 is 0 Å². The monoisotopic (exact) mass is 1110 g/mol. The maximum absolute atomic E-state index is 13.1. The van der Waals surface area contributed by atoms with E-state index in [1.54, 1.807) is 6.08 Å². The van der Waals surface area contributed by atoms with Gasteiger partial charge in [0.1, 0.15) is 24.4 Å². The molecule has 9 nitrogen and oxygen atoms in total. The van der Waals surface area contributed by atoms with Crippen molar-refractivity contribution >= 4 is 5.91 Å². The SMILES string of the molecule is CC/C=C\C/C=C\C/C=C\C/C=C\CCCCCCCCCCCCCCCCCCCCCCC(=O)NC(COC1OC(CO)C(O)C(O)C1O)C(O)/C=C/CC/C=C/CCCCCCCCCCCCCCCCCCC. The highest BCUT2D eigenvalue weighted by Gasteiger charge is 2.44. The molecule has 1 heterocycles. The normalized spacial score (nSPS) is 19.0. The van der Waals surface area contributed by atoms with E-state index in [1.807, 2.05) is 6.08 Å². The van der Waals surface area contributed by atoms with Gasteiger partial charge in [-0.1, -0.05) is 305 Å². The van der Waals surface area contributed by atoms with Gasteiger partial charge in [-0.2, -0.15) is 0 Å². The molecule has 0 spiro atoms. The molecule has 1 aliphatic rings. The van der Waals surface area contributed by atoms with Crippen molar-refractivity contribution in [1.82, 2.24) is 5.32 Å². The van der Waals surface area contributed by atoms with Crippen molar-refractivity contribution in [3.63, 3.8) is 0 Å². The zero-order chi connectivity index (χ0) is 57.2. The fourth-order valence-corrected chi connectivity index (χ4v) is 10.5. The summed E-state index contributed by atoms with van der Waals surface area (Å²) in [5.74, 6) is -0.183. The van der Waals surface area contributed by atoms with Crippen LogP contribution in [0.25, 0.3) is 0 Å². The highest BCUT2D eigenvalue weighted by atomic mass is 16.7. The molecule has 0 aliphatic carbocycles. The first-order valence-corrected chi connectivity index (χ1v) is 33.7. The summed E-state index contributed by atoms with van der Waals surface area (Å²) in [6, 6.07) is -0.824. The summed E-state index contributed by atoms with van der Waals surface area (Å²) in [7, 11) is 0. The first kappa shape index (κ1) is 74.6. The Balaban J connectivity index is 2.14. The Kier molecular flexibility index (Phi) is 55.6. The summed E-state index contributed by atoms with van der Waals surface area (Å²) < 4.78 is 11.3. The molecule has 7 unspecified atom stereocenters. The van der Waals surface area contributed by atoms with Crippen molar-refractivity contribution in [2.24, 2.45) is 0 Å². The number of allylic oxidation sites excluding steroid dienone is 11. The van der Waals surface area contributed by atoms with Crippen molar-refractivity contribution < 1.29 is 39.8 Å². The van der Waals surface area contributed by atoms with E-state index in [0.29, 0.717) is 6.42 Å². The third-order valence-electron chi connectivity index (χ3n) is 15.8. The maximum Gasteiger partial charge on any atom is 0.220 e. The molecule has 0 saturated carbocycles. The van der Waals surface area contributed by atoms with Crippen LogP contribution in [-0.2, 0) is 14.3 Å². The van der Waals surface area contributed by atoms with Crippen LogP contribution in [0.15, 0.2) is 72.9 Å². The highest BCUT2D eigenvalue weighted by Crippen LogP contribution is 2.23. The van der Waals surface area contributed by atoms with Crippen molar-refractivity contribution in [3.05, 3.63) is 72.9 Å². The Hall–Kier alpha value is -2.37. The lowest BCUT2D eigenvalue weighted by Gasteiger charge is -2.40. The Morgan fingerprint density at radius 3 is 1.22 bits per heavy atom. The highest BCUT2D eigenvalue weighted by molar-refractivity contribution is 5.76. The van der Waals surface area contributed by atoms with Crippen LogP contribution < -0.4 is 5.32 Å². The molecule has 1 amide bonds. The van der Waals surface area contributed by atoms with Gasteiger partial charge in [-0.3, -0.25) is 4.79 Å². The molecule has 0 aromatic rings. The zero-order valence-electron chi connectivity index (χ0n) is 51.4. The van der Waals surface area contributed by atoms with Crippen molar-refractivity contribution in [3.8, 4) is 0 Å². The average molecular weight is 1110 g/mol. The number of hydrogen-bond acceptors (Lipinski definition) is 8. The molecule has 6 N–H and O–H groups in total. The van der Waals surface area contributed by atoms with Crippen LogP contribution in [0.3, 0.4) is 0 Å². The third kappa shape index (κ3) is 47.8. The van der Waals surface area contributed by atoms with Crippen LogP contribution in [0.1, 0.15) is 309 Å². The van der Waals surface area contributed by atoms with Crippen LogP contribution in [0, 0.1) is 0 Å². The van der Waals surface area contributed by atoms with Crippen LogP contribution in [0.5, 0.6) is 0 Å². The van der Waals surface area contributed by atoms with Gasteiger partial charge in [0.05, 0.1) is 25.4 Å². The summed E-state index contributed by atoms with van der Waals surface area (Å²) >= 11 is 0. The number of ether oxygens (including phenoxy) is 2. The molecule has 460 valence electrons. The molecule has 79 heavy (non-hydrogen) atoms. The van der Waals surface area contributed by atoms with Crippen LogP contribution in [0.4, 0.5) is 0 Å². The molecule has 7 atom stereocenters. The fraction of sp³-hybridized carbons (Fsp3) is 0.814. The number of rotatable bonds is 58. The standard InChI is InChI=1S/C70H127NO8/c1-3-5-7-9-11-13-15-17-19-21-23-25-27-28-29-30-31-32-33-34-35-36-38-40-42-44-46-48-50-52-54-56-58-60-66(74)71-63(62-78-70-69(77)68(76)67(75)65(61-72)79-70)64(73)59-57-55-53-51-49-47-45-43-41-39-37-26-24-22-20-18-16-14-12-10-8-6-4-2/h5,7,11,13,17,19,23,25,49,51,57,59,63-65,67-70,72-73,75-77H,3-4,6,8-10,12,14-16,18,20-22,24,26-48,50,52-56,58,60-62H2,1-2H3,(H,71,74)/b7-5-,13-11-,19-17-,25-23-,51-49+,59-57+. The predicted molar refractivity (Wildman–Crippen MR) is 336 cm³/mol. The summed E-state index contributed by atoms with van der Waals surface area (Å²) in [4.78, 5) is 13.1. The van der Waals surface area contributed by atoms with Gasteiger partial charge in [0.25, 0.3) is 0 Å². The van der Waals surface area contributed by atoms with Crippen LogP contribution >= 0.6 is 0 Å². The molecule has 0 radical (unpaired) electrons. The maximum atomic E-state index is 13.1. The second-order valence-electron chi connectivity index (χ2n) is 23.2. The lowest BCUT2D eigenvalue weighted by Crippen LogP contribution is -2.60. The number of aliphatic hydroxyl groups excluding tert-OH is 5. The topological polar surface area (TPSA) is 149 Å². The largest absolute Gasteiger partial charge is 0.394 e. The molecule has 1 aliphatic heterocycles. The van der Waals surface area contributed by atoms with Crippen LogP contribution in [-0.4, -0.2) is 87.5 Å². The number of aliphatic hydroxyl groups is 5. The lowest BCUT2D eigenvalue weighted by molar-refractivity contribution is -0.302. The quantitative estimate of drug-likeness (QED) is 0.0261. The third-order valence-corrected chi connectivity index (χ3v) is 15.8. The molecule has 1 fully saturated rings. The summed E-state index contributed by atoms with van der Waals surface area (Å²) in [5.41, 5.74) is 0. The van der Waals surface area contributed by atoms with E-state index in [-0.39, 0.29) is 12.5 Å². The number of amides is 1. The molecule has 0 aromatic carbocycles. The zero-order valence-corrected chi connectivity index (χ0v) is 51.4. The molecule has 1 rings (SSSR count). The summed E-state index contributed by atoms with van der Waals surface area (Å²) in [6.45, 7) is 3.69. The van der Waals surface area contributed by atoms with Gasteiger partial charge < -0.3 is 40.3 Å². The van der Waals surface area contributed by atoms with Gasteiger partial charge in [0, 0.05) is 6.42 Å². The van der Waals surface area contributed by atoms with E-state index in [9.17, 15) is 30.3 Å². The number of hydrogen-bond donors (Lipinski definition) is 6. The Bertz CT molecular complexity index is 1470. The second-order valence-corrected chi connectivity index (χ2v) is 23.2. The van der Waals surface area contributed by atoms with Gasteiger partial charge in [-0.05, 0) is 70.6 Å². The Morgan fingerprint density at radius 1 is 0.443 bits per heavy atom. The van der Waals surface area contributed by atoms with E-state index in [1.165, 1.54) is 225 Å². The van der Waals surface area contributed by atoms with E-state index < -0.39 is 49.5 Å². The first-order valence-electron chi connectivity index (χ1n) is 33.7. The van der Waals surface area contributed by atoms with E-state index in [4.69, 9.17) is 9.47 Å². The van der Waals surface area contributed by atoms with Gasteiger partial charge in [-0.25, -0.2) is 0 Å². The van der Waals surface area contributed by atoms with Crippen molar-refractivity contribution in [2.45, 2.75) is 352 Å².